The van der Waals surface area contributed by atoms with Gasteiger partial charge in [-0.15, -0.1) is 0 Å². The standard InChI is InChI=1S/C28H25BrN2O5S/c1-3-35-24-14-20(9-12-23(24)36-17-26(32)30-22-6-4-5-18(2)13-22)15-25-27(33)31(28(34)37-25)16-19-7-10-21(29)11-8-19/h4-15H,3,16-17H2,1-2H3,(H,30,32)/b25-15+. The van der Waals surface area contributed by atoms with E-state index < -0.39 is 0 Å². The first-order valence-corrected chi connectivity index (χ1v) is 13.2. The zero-order chi connectivity index (χ0) is 26.4. The van der Waals surface area contributed by atoms with E-state index >= 15 is 0 Å². The van der Waals surface area contributed by atoms with Crippen molar-refractivity contribution in [3.63, 3.8) is 0 Å². The molecular formula is C28H25BrN2O5S. The molecule has 0 radical (unpaired) electrons. The first kappa shape index (κ1) is 26.5. The van der Waals surface area contributed by atoms with Crippen molar-refractivity contribution >= 4 is 56.5 Å². The molecule has 9 heteroatoms. The SMILES string of the molecule is CCOc1cc(/C=C2/SC(=O)N(Cc3ccc(Br)cc3)C2=O)ccc1OCC(=O)Nc1cccc(C)c1. The molecule has 3 aromatic rings. The number of carbonyl (C=O) groups is 3. The number of benzene rings is 3. The molecule has 0 unspecified atom stereocenters. The lowest BCUT2D eigenvalue weighted by atomic mass is 10.1. The molecule has 37 heavy (non-hydrogen) atoms. The van der Waals surface area contributed by atoms with Crippen LogP contribution in [0.2, 0.25) is 0 Å². The van der Waals surface area contributed by atoms with Crippen LogP contribution in [0.4, 0.5) is 10.5 Å². The Labute approximate surface area is 228 Å². The fourth-order valence-corrected chi connectivity index (χ4v) is 4.73. The first-order chi connectivity index (χ1) is 17.8. The highest BCUT2D eigenvalue weighted by Gasteiger charge is 2.35. The summed E-state index contributed by atoms with van der Waals surface area (Å²) in [4.78, 5) is 39.3. The van der Waals surface area contributed by atoms with Crippen LogP contribution < -0.4 is 14.8 Å². The second kappa shape index (κ2) is 12.1. The Morgan fingerprint density at radius 2 is 1.81 bits per heavy atom. The van der Waals surface area contributed by atoms with Crippen molar-refractivity contribution in [3.05, 3.63) is 92.8 Å². The highest BCUT2D eigenvalue weighted by molar-refractivity contribution is 9.10. The number of nitrogens with zero attached hydrogens (tertiary/aromatic N) is 1. The summed E-state index contributed by atoms with van der Waals surface area (Å²) in [5.74, 6) is 0.205. The van der Waals surface area contributed by atoms with E-state index in [1.807, 2.05) is 62.4 Å². The molecule has 0 aromatic heterocycles. The third kappa shape index (κ3) is 7.02. The fourth-order valence-electron chi connectivity index (χ4n) is 3.63. The number of rotatable bonds is 9. The molecule has 1 aliphatic rings. The van der Waals surface area contributed by atoms with Gasteiger partial charge < -0.3 is 14.8 Å². The maximum atomic E-state index is 12.9. The Balaban J connectivity index is 1.44. The molecule has 7 nitrogen and oxygen atoms in total. The van der Waals surface area contributed by atoms with Gasteiger partial charge in [0, 0.05) is 10.2 Å². The van der Waals surface area contributed by atoms with Crippen LogP contribution in [-0.2, 0) is 16.1 Å². The predicted octanol–water partition coefficient (Wildman–Crippen LogP) is 6.41. The Bertz CT molecular complexity index is 1360. The van der Waals surface area contributed by atoms with Gasteiger partial charge in [0.05, 0.1) is 18.1 Å². The van der Waals surface area contributed by atoms with E-state index in [9.17, 15) is 14.4 Å². The Kier molecular flexibility index (Phi) is 8.68. The van der Waals surface area contributed by atoms with Gasteiger partial charge in [-0.05, 0) is 84.8 Å². The molecule has 1 heterocycles. The van der Waals surface area contributed by atoms with Gasteiger partial charge in [0.15, 0.2) is 18.1 Å². The van der Waals surface area contributed by atoms with E-state index in [1.165, 1.54) is 4.90 Å². The lowest BCUT2D eigenvalue weighted by molar-refractivity contribution is -0.123. The molecule has 3 aromatic carbocycles. The fraction of sp³-hybridized carbons (Fsp3) is 0.179. The normalized spacial score (nSPS) is 14.2. The molecule has 4 rings (SSSR count). The monoisotopic (exact) mass is 580 g/mol. The zero-order valence-corrected chi connectivity index (χ0v) is 22.7. The molecule has 0 atom stereocenters. The van der Waals surface area contributed by atoms with Crippen LogP contribution in [0.5, 0.6) is 11.5 Å². The van der Waals surface area contributed by atoms with Crippen molar-refractivity contribution in [3.8, 4) is 11.5 Å². The van der Waals surface area contributed by atoms with Crippen LogP contribution in [0.1, 0.15) is 23.6 Å². The van der Waals surface area contributed by atoms with E-state index in [1.54, 1.807) is 24.3 Å². The van der Waals surface area contributed by atoms with Gasteiger partial charge in [-0.2, -0.15) is 0 Å². The summed E-state index contributed by atoms with van der Waals surface area (Å²) in [6, 6.07) is 20.1. The Morgan fingerprint density at radius 3 is 2.54 bits per heavy atom. The highest BCUT2D eigenvalue weighted by atomic mass is 79.9. The number of amides is 3. The molecule has 0 aliphatic carbocycles. The summed E-state index contributed by atoms with van der Waals surface area (Å²) in [5, 5.41) is 2.49. The van der Waals surface area contributed by atoms with Gasteiger partial charge in [0.1, 0.15) is 0 Å². The van der Waals surface area contributed by atoms with E-state index in [0.29, 0.717) is 34.3 Å². The van der Waals surface area contributed by atoms with Gasteiger partial charge in [-0.25, -0.2) is 0 Å². The molecular weight excluding hydrogens is 556 g/mol. The van der Waals surface area contributed by atoms with Crippen LogP contribution in [-0.4, -0.2) is 35.2 Å². The maximum absolute atomic E-state index is 12.9. The van der Waals surface area contributed by atoms with Gasteiger partial charge in [-0.3, -0.25) is 19.3 Å². The number of nitrogens with one attached hydrogen (secondary N) is 1. The zero-order valence-electron chi connectivity index (χ0n) is 20.3. The number of hydrogen-bond donors (Lipinski definition) is 1. The summed E-state index contributed by atoms with van der Waals surface area (Å²) < 4.78 is 12.3. The lowest BCUT2D eigenvalue weighted by Crippen LogP contribution is -2.27. The molecule has 0 bridgehead atoms. The van der Waals surface area contributed by atoms with Crippen molar-refractivity contribution in [2.75, 3.05) is 18.5 Å². The van der Waals surface area contributed by atoms with Crippen LogP contribution >= 0.6 is 27.7 Å². The summed E-state index contributed by atoms with van der Waals surface area (Å²) >= 11 is 4.29. The molecule has 3 amide bonds. The Hall–Kier alpha value is -3.56. The van der Waals surface area contributed by atoms with Crippen LogP contribution in [0, 0.1) is 6.92 Å². The number of carbonyl (C=O) groups excluding carboxylic acids is 3. The molecule has 1 saturated heterocycles. The summed E-state index contributed by atoms with van der Waals surface area (Å²) in [5.41, 5.74) is 3.27. The number of ether oxygens (including phenoxy) is 2. The molecule has 1 fully saturated rings. The van der Waals surface area contributed by atoms with Crippen molar-refractivity contribution in [1.82, 2.24) is 4.90 Å². The average Bonchev–Trinajstić information content (AvgIpc) is 3.12. The Morgan fingerprint density at radius 1 is 1.03 bits per heavy atom. The van der Waals surface area contributed by atoms with Gasteiger partial charge in [-0.1, -0.05) is 46.3 Å². The first-order valence-electron chi connectivity index (χ1n) is 11.6. The van der Waals surface area contributed by atoms with Crippen molar-refractivity contribution in [2.24, 2.45) is 0 Å². The van der Waals surface area contributed by atoms with Crippen molar-refractivity contribution in [1.29, 1.82) is 0 Å². The van der Waals surface area contributed by atoms with Gasteiger partial charge in [0.2, 0.25) is 0 Å². The maximum Gasteiger partial charge on any atom is 0.293 e. The largest absolute Gasteiger partial charge is 0.490 e. The van der Waals surface area contributed by atoms with E-state index in [4.69, 9.17) is 9.47 Å². The van der Waals surface area contributed by atoms with Gasteiger partial charge >= 0.3 is 0 Å². The van der Waals surface area contributed by atoms with Crippen LogP contribution in [0.25, 0.3) is 6.08 Å². The molecule has 1 aliphatic heterocycles. The predicted molar refractivity (Wildman–Crippen MR) is 149 cm³/mol. The number of aryl methyl sites for hydroxylation is 1. The van der Waals surface area contributed by atoms with Crippen LogP contribution in [0.15, 0.2) is 76.1 Å². The summed E-state index contributed by atoms with van der Waals surface area (Å²) in [6.45, 7) is 4.19. The second-order valence-corrected chi connectivity index (χ2v) is 10.1. The lowest BCUT2D eigenvalue weighted by Gasteiger charge is -2.13. The summed E-state index contributed by atoms with van der Waals surface area (Å²) in [7, 11) is 0. The van der Waals surface area contributed by atoms with Crippen molar-refractivity contribution in [2.45, 2.75) is 20.4 Å². The molecule has 1 N–H and O–H groups in total. The number of hydrogen-bond acceptors (Lipinski definition) is 6. The number of halogens is 1. The van der Waals surface area contributed by atoms with E-state index in [0.717, 1.165) is 27.4 Å². The van der Waals surface area contributed by atoms with Crippen molar-refractivity contribution < 1.29 is 23.9 Å². The molecule has 190 valence electrons. The topological polar surface area (TPSA) is 84.9 Å². The summed E-state index contributed by atoms with van der Waals surface area (Å²) in [6.07, 6.45) is 1.66. The van der Waals surface area contributed by atoms with Crippen LogP contribution in [0.3, 0.4) is 0 Å². The molecule has 0 spiro atoms. The number of thioether (sulfide) groups is 1. The molecule has 0 saturated carbocycles. The minimum Gasteiger partial charge on any atom is -0.490 e. The third-order valence-corrected chi connectivity index (χ3v) is 6.79. The minimum atomic E-state index is -0.343. The third-order valence-electron chi connectivity index (χ3n) is 5.35. The highest BCUT2D eigenvalue weighted by Crippen LogP contribution is 2.35. The number of anilines is 1. The second-order valence-electron chi connectivity index (χ2n) is 8.24. The van der Waals surface area contributed by atoms with Gasteiger partial charge in [0.25, 0.3) is 17.1 Å². The average molecular weight is 581 g/mol. The van der Waals surface area contributed by atoms with E-state index in [2.05, 4.69) is 21.2 Å². The quantitative estimate of drug-likeness (QED) is 0.294. The number of imide groups is 1. The van der Waals surface area contributed by atoms with E-state index in [-0.39, 0.29) is 30.2 Å². The minimum absolute atomic E-state index is 0.192. The smallest absolute Gasteiger partial charge is 0.293 e.